The molecule has 0 aromatic heterocycles. The molecule has 0 aliphatic heterocycles. The van der Waals surface area contributed by atoms with Crippen LogP contribution in [0.15, 0.2) is 48.1 Å². The minimum absolute atomic E-state index is 0.239. The van der Waals surface area contributed by atoms with E-state index in [0.717, 1.165) is 12.0 Å². The maximum absolute atomic E-state index is 11.4. The summed E-state index contributed by atoms with van der Waals surface area (Å²) >= 11 is 0. The van der Waals surface area contributed by atoms with E-state index in [1.807, 2.05) is 18.2 Å². The molecule has 1 heteroatoms. The van der Waals surface area contributed by atoms with Crippen molar-refractivity contribution in [2.45, 2.75) is 12.8 Å². The fourth-order valence-corrected chi connectivity index (χ4v) is 2.34. The Hall–Kier alpha value is -1.89. The third-order valence-corrected chi connectivity index (χ3v) is 3.12. The van der Waals surface area contributed by atoms with Crippen LogP contribution in [0, 0.1) is 0 Å². The highest BCUT2D eigenvalue weighted by molar-refractivity contribution is 5.98. The molecule has 0 radical (unpaired) electrons. The molecule has 78 valence electrons. The molecule has 0 amide bonds. The van der Waals surface area contributed by atoms with E-state index in [1.54, 1.807) is 6.08 Å². The van der Waals surface area contributed by atoms with E-state index in [-0.39, 0.29) is 5.78 Å². The summed E-state index contributed by atoms with van der Waals surface area (Å²) in [5, 5.41) is 2.51. The highest BCUT2D eigenvalue weighted by Crippen LogP contribution is 2.23. The number of benzene rings is 1. The van der Waals surface area contributed by atoms with Crippen LogP contribution in [-0.4, -0.2) is 5.78 Å². The van der Waals surface area contributed by atoms with E-state index in [4.69, 9.17) is 0 Å². The maximum atomic E-state index is 11.4. The molecule has 0 spiro atoms. The van der Waals surface area contributed by atoms with Gasteiger partial charge in [0.1, 0.15) is 0 Å². The van der Waals surface area contributed by atoms with Gasteiger partial charge in [0.05, 0.1) is 0 Å². The Morgan fingerprint density at radius 2 is 1.94 bits per heavy atom. The second-order valence-electron chi connectivity index (χ2n) is 4.16. The molecule has 0 N–H and O–H groups in total. The molecule has 1 nitrogen and oxygen atoms in total. The third-order valence-electron chi connectivity index (χ3n) is 3.12. The lowest BCUT2D eigenvalue weighted by Crippen LogP contribution is -2.27. The molecule has 0 unspecified atom stereocenters. The van der Waals surface area contributed by atoms with E-state index in [1.165, 1.54) is 16.0 Å². The Labute approximate surface area is 94.1 Å². The van der Waals surface area contributed by atoms with Crippen molar-refractivity contribution in [2.75, 3.05) is 0 Å². The van der Waals surface area contributed by atoms with Crippen molar-refractivity contribution >= 4 is 17.4 Å². The lowest BCUT2D eigenvalue weighted by atomic mass is 9.91. The number of ketones is 1. The predicted molar refractivity (Wildman–Crippen MR) is 65.0 cm³/mol. The smallest absolute Gasteiger partial charge is 0.156 e. The lowest BCUT2D eigenvalue weighted by Gasteiger charge is -2.12. The standard InChI is InChI=1S/C15H12O/c16-13-8-9-15-12(10-13)6-3-5-11-4-1-2-7-14(11)15/h1-7,10H,8-9H2. The molecule has 0 atom stereocenters. The zero-order valence-electron chi connectivity index (χ0n) is 8.94. The van der Waals surface area contributed by atoms with E-state index in [9.17, 15) is 4.79 Å². The first-order valence-corrected chi connectivity index (χ1v) is 5.56. The van der Waals surface area contributed by atoms with E-state index in [2.05, 4.69) is 24.3 Å². The Morgan fingerprint density at radius 1 is 1.06 bits per heavy atom. The van der Waals surface area contributed by atoms with Gasteiger partial charge in [-0.1, -0.05) is 42.5 Å². The van der Waals surface area contributed by atoms with E-state index in [0.29, 0.717) is 6.42 Å². The number of carbonyl (C=O) groups excluding carboxylic acids is 1. The quantitative estimate of drug-likeness (QED) is 0.631. The average Bonchev–Trinajstić information content (AvgIpc) is 2.47. The topological polar surface area (TPSA) is 17.1 Å². The second-order valence-corrected chi connectivity index (χ2v) is 4.16. The number of hydrogen-bond donors (Lipinski definition) is 0. The van der Waals surface area contributed by atoms with Gasteiger partial charge in [-0.2, -0.15) is 0 Å². The third kappa shape index (κ3) is 1.45. The van der Waals surface area contributed by atoms with Crippen molar-refractivity contribution in [1.29, 1.82) is 0 Å². The van der Waals surface area contributed by atoms with Gasteiger partial charge in [0.15, 0.2) is 5.78 Å². The van der Waals surface area contributed by atoms with Gasteiger partial charge < -0.3 is 0 Å². The van der Waals surface area contributed by atoms with Crippen molar-refractivity contribution in [3.05, 3.63) is 58.5 Å². The van der Waals surface area contributed by atoms with Gasteiger partial charge in [0, 0.05) is 6.42 Å². The molecule has 0 fully saturated rings. The molecule has 16 heavy (non-hydrogen) atoms. The largest absolute Gasteiger partial charge is 0.295 e. The second kappa shape index (κ2) is 3.60. The Morgan fingerprint density at radius 3 is 2.88 bits per heavy atom. The SMILES string of the molecule is O=C1C=C2C=CC=c3ccccc3=C2CC1. The van der Waals surface area contributed by atoms with Crippen LogP contribution in [0.1, 0.15) is 12.8 Å². The molecule has 2 aliphatic rings. The van der Waals surface area contributed by atoms with E-state index < -0.39 is 0 Å². The molecule has 0 bridgehead atoms. The molecular formula is C15H12O. The summed E-state index contributed by atoms with van der Waals surface area (Å²) < 4.78 is 0. The average molecular weight is 208 g/mol. The summed E-state index contributed by atoms with van der Waals surface area (Å²) in [7, 11) is 0. The summed E-state index contributed by atoms with van der Waals surface area (Å²) in [4.78, 5) is 11.4. The maximum Gasteiger partial charge on any atom is 0.156 e. The number of carbonyl (C=O) groups is 1. The van der Waals surface area contributed by atoms with Crippen LogP contribution in [0.25, 0.3) is 11.6 Å². The van der Waals surface area contributed by atoms with Gasteiger partial charge in [0.2, 0.25) is 0 Å². The fraction of sp³-hybridized carbons (Fsp3) is 0.133. The van der Waals surface area contributed by atoms with Gasteiger partial charge in [-0.3, -0.25) is 4.79 Å². The molecule has 0 heterocycles. The highest BCUT2D eigenvalue weighted by atomic mass is 16.1. The van der Waals surface area contributed by atoms with Crippen LogP contribution < -0.4 is 10.4 Å². The summed E-state index contributed by atoms with van der Waals surface area (Å²) in [6.45, 7) is 0. The Kier molecular flexibility index (Phi) is 2.10. The van der Waals surface area contributed by atoms with Crippen molar-refractivity contribution in [1.82, 2.24) is 0 Å². The zero-order chi connectivity index (χ0) is 11.0. The van der Waals surface area contributed by atoms with Gasteiger partial charge in [-0.15, -0.1) is 0 Å². The Balaban J connectivity index is 2.41. The molecule has 1 aromatic rings. The molecule has 1 aromatic carbocycles. The first-order valence-electron chi connectivity index (χ1n) is 5.56. The predicted octanol–water partition coefficient (Wildman–Crippen LogP) is 1.48. The van der Waals surface area contributed by atoms with Gasteiger partial charge in [-0.05, 0) is 34.1 Å². The normalized spacial score (nSPS) is 18.1. The van der Waals surface area contributed by atoms with Crippen LogP contribution in [0.4, 0.5) is 0 Å². The minimum atomic E-state index is 0.239. The van der Waals surface area contributed by atoms with Crippen molar-refractivity contribution < 1.29 is 4.79 Å². The summed E-state index contributed by atoms with van der Waals surface area (Å²) in [5.41, 5.74) is 2.39. The first kappa shape index (κ1) is 9.34. The van der Waals surface area contributed by atoms with Gasteiger partial charge >= 0.3 is 0 Å². The van der Waals surface area contributed by atoms with Crippen LogP contribution in [0.5, 0.6) is 0 Å². The number of rotatable bonds is 0. The molecule has 2 aliphatic carbocycles. The Bertz CT molecular complexity index is 630. The summed E-state index contributed by atoms with van der Waals surface area (Å²) in [5.74, 6) is 0.239. The summed E-state index contributed by atoms with van der Waals surface area (Å²) in [6.07, 6.45) is 9.43. The van der Waals surface area contributed by atoms with Crippen LogP contribution in [0.2, 0.25) is 0 Å². The number of fused-ring (bicyclic) bond motifs is 2. The number of hydrogen-bond acceptors (Lipinski definition) is 1. The molecule has 0 saturated carbocycles. The number of allylic oxidation sites excluding steroid dienone is 4. The highest BCUT2D eigenvalue weighted by Gasteiger charge is 2.14. The monoisotopic (exact) mass is 208 g/mol. The minimum Gasteiger partial charge on any atom is -0.295 e. The van der Waals surface area contributed by atoms with Crippen molar-refractivity contribution in [3.63, 3.8) is 0 Å². The van der Waals surface area contributed by atoms with Crippen molar-refractivity contribution in [3.8, 4) is 0 Å². The molecule has 0 saturated heterocycles. The van der Waals surface area contributed by atoms with Crippen LogP contribution in [-0.2, 0) is 4.79 Å². The van der Waals surface area contributed by atoms with E-state index >= 15 is 0 Å². The first-order chi connectivity index (χ1) is 7.84. The molecule has 3 rings (SSSR count). The van der Waals surface area contributed by atoms with Crippen LogP contribution in [0.3, 0.4) is 0 Å². The van der Waals surface area contributed by atoms with Gasteiger partial charge in [-0.25, -0.2) is 0 Å². The fourth-order valence-electron chi connectivity index (χ4n) is 2.34. The van der Waals surface area contributed by atoms with Gasteiger partial charge in [0.25, 0.3) is 0 Å². The lowest BCUT2D eigenvalue weighted by molar-refractivity contribution is -0.114. The summed E-state index contributed by atoms with van der Waals surface area (Å²) in [6, 6.07) is 8.36. The van der Waals surface area contributed by atoms with Crippen LogP contribution >= 0.6 is 0 Å². The van der Waals surface area contributed by atoms with Crippen molar-refractivity contribution in [2.24, 2.45) is 0 Å². The molecular weight excluding hydrogens is 196 g/mol. The zero-order valence-corrected chi connectivity index (χ0v) is 8.94.